The van der Waals surface area contributed by atoms with E-state index in [1.165, 1.54) is 17.9 Å². The van der Waals surface area contributed by atoms with Gasteiger partial charge < -0.3 is 10.1 Å². The van der Waals surface area contributed by atoms with Crippen molar-refractivity contribution in [1.29, 1.82) is 0 Å². The summed E-state index contributed by atoms with van der Waals surface area (Å²) < 4.78 is 6.34. The first-order valence-electron chi connectivity index (χ1n) is 6.05. The molecule has 0 amide bonds. The zero-order valence-corrected chi connectivity index (χ0v) is 11.0. The third kappa shape index (κ3) is 3.31. The Morgan fingerprint density at radius 1 is 1.32 bits per heavy atom. The molecule has 2 rings (SSSR count). The summed E-state index contributed by atoms with van der Waals surface area (Å²) in [6, 6.07) is 8.61. The molecule has 2 aromatic rings. The zero-order chi connectivity index (χ0) is 13.7. The molecule has 0 saturated carbocycles. The van der Waals surface area contributed by atoms with Crippen LogP contribution in [0.4, 0.5) is 5.82 Å². The normalized spacial score (nSPS) is 10.2. The molecule has 0 fully saturated rings. The largest absolute Gasteiger partial charge is 0.480 e. The molecular weight excluding hydrogens is 244 g/mol. The highest BCUT2D eigenvalue weighted by Crippen LogP contribution is 2.06. The van der Waals surface area contributed by atoms with Gasteiger partial charge in [-0.1, -0.05) is 6.07 Å². The Balaban J connectivity index is 2.25. The van der Waals surface area contributed by atoms with Crippen LogP contribution in [-0.2, 0) is 6.54 Å². The van der Waals surface area contributed by atoms with Crippen LogP contribution in [0, 0.1) is 0 Å². The molecule has 0 spiro atoms. The Hall–Kier alpha value is -2.37. The van der Waals surface area contributed by atoms with Crippen LogP contribution in [0.15, 0.2) is 35.1 Å². The van der Waals surface area contributed by atoms with Crippen LogP contribution in [0.3, 0.4) is 0 Å². The van der Waals surface area contributed by atoms with Gasteiger partial charge in [-0.15, -0.1) is 5.10 Å². The summed E-state index contributed by atoms with van der Waals surface area (Å²) in [6.07, 6.45) is 0. The van der Waals surface area contributed by atoms with Crippen molar-refractivity contribution in [1.82, 2.24) is 14.8 Å². The van der Waals surface area contributed by atoms with Crippen molar-refractivity contribution in [3.05, 3.63) is 46.4 Å². The average Bonchev–Trinajstić information content (AvgIpc) is 2.42. The van der Waals surface area contributed by atoms with E-state index in [1.807, 2.05) is 25.1 Å². The summed E-state index contributed by atoms with van der Waals surface area (Å²) >= 11 is 0. The Labute approximate surface area is 111 Å². The summed E-state index contributed by atoms with van der Waals surface area (Å²) in [7, 11) is 1.52. The van der Waals surface area contributed by atoms with E-state index in [0.29, 0.717) is 12.4 Å². The molecule has 0 unspecified atom stereocenters. The molecule has 0 aliphatic heterocycles. The number of hydrogen-bond acceptors (Lipinski definition) is 5. The molecule has 19 heavy (non-hydrogen) atoms. The van der Waals surface area contributed by atoms with E-state index in [2.05, 4.69) is 15.4 Å². The number of aromatic nitrogens is 3. The van der Waals surface area contributed by atoms with E-state index in [4.69, 9.17) is 4.74 Å². The number of pyridine rings is 1. The monoisotopic (exact) mass is 260 g/mol. The van der Waals surface area contributed by atoms with E-state index in [9.17, 15) is 4.79 Å². The van der Waals surface area contributed by atoms with Crippen LogP contribution >= 0.6 is 0 Å². The predicted octanol–water partition coefficient (Wildman–Crippen LogP) is 1.13. The summed E-state index contributed by atoms with van der Waals surface area (Å²) in [5.74, 6) is 1.19. The third-order valence-electron chi connectivity index (χ3n) is 2.53. The highest BCUT2D eigenvalue weighted by molar-refractivity contribution is 5.35. The van der Waals surface area contributed by atoms with E-state index in [-0.39, 0.29) is 5.56 Å². The van der Waals surface area contributed by atoms with E-state index >= 15 is 0 Å². The lowest BCUT2D eigenvalue weighted by molar-refractivity contribution is 0.378. The van der Waals surface area contributed by atoms with E-state index in [0.717, 1.165) is 18.1 Å². The second kappa shape index (κ2) is 5.99. The minimum absolute atomic E-state index is 0.184. The van der Waals surface area contributed by atoms with Crippen molar-refractivity contribution in [2.45, 2.75) is 13.5 Å². The highest BCUT2D eigenvalue weighted by Gasteiger charge is 2.03. The van der Waals surface area contributed by atoms with Crippen molar-refractivity contribution in [2.75, 3.05) is 19.0 Å². The Morgan fingerprint density at radius 3 is 2.89 bits per heavy atom. The minimum atomic E-state index is -0.184. The number of nitrogens with one attached hydrogen (secondary N) is 1. The van der Waals surface area contributed by atoms with Gasteiger partial charge in [0.25, 0.3) is 5.56 Å². The lowest BCUT2D eigenvalue weighted by Gasteiger charge is -2.07. The van der Waals surface area contributed by atoms with Gasteiger partial charge in [-0.05, 0) is 19.1 Å². The van der Waals surface area contributed by atoms with Gasteiger partial charge in [-0.3, -0.25) is 4.79 Å². The first-order valence-corrected chi connectivity index (χ1v) is 6.05. The molecule has 100 valence electrons. The second-order valence-electron chi connectivity index (χ2n) is 3.92. The Bertz CT molecular complexity index is 610. The maximum absolute atomic E-state index is 11.7. The summed E-state index contributed by atoms with van der Waals surface area (Å²) in [5, 5.41) is 7.21. The van der Waals surface area contributed by atoms with E-state index in [1.54, 1.807) is 6.07 Å². The van der Waals surface area contributed by atoms with Crippen molar-refractivity contribution in [2.24, 2.45) is 0 Å². The van der Waals surface area contributed by atoms with Crippen LogP contribution in [0.25, 0.3) is 0 Å². The first-order chi connectivity index (χ1) is 9.22. The van der Waals surface area contributed by atoms with Gasteiger partial charge >= 0.3 is 0 Å². The molecule has 0 bridgehead atoms. The number of anilines is 1. The quantitative estimate of drug-likeness (QED) is 0.872. The molecule has 0 aliphatic rings. The van der Waals surface area contributed by atoms with Gasteiger partial charge in [0.2, 0.25) is 5.88 Å². The third-order valence-corrected chi connectivity index (χ3v) is 2.53. The smallest absolute Gasteiger partial charge is 0.267 e. The standard InChI is InChI=1S/C13H16N4O2/c1-3-14-11-6-4-5-10(15-11)9-17-13(18)8-7-12(16-17)19-2/h4-8H,3,9H2,1-2H3,(H,14,15). The SMILES string of the molecule is CCNc1cccc(Cn2nc(OC)ccc2=O)n1. The number of rotatable bonds is 5. The van der Waals surface area contributed by atoms with Gasteiger partial charge in [-0.25, -0.2) is 9.67 Å². The van der Waals surface area contributed by atoms with Crippen molar-refractivity contribution in [3.8, 4) is 5.88 Å². The van der Waals surface area contributed by atoms with Crippen LogP contribution in [0.2, 0.25) is 0 Å². The topological polar surface area (TPSA) is 69.0 Å². The molecule has 0 aliphatic carbocycles. The van der Waals surface area contributed by atoms with Gasteiger partial charge in [0.15, 0.2) is 0 Å². The molecule has 1 N–H and O–H groups in total. The summed E-state index contributed by atoms with van der Waals surface area (Å²) in [5.41, 5.74) is 0.581. The van der Waals surface area contributed by atoms with Gasteiger partial charge in [0, 0.05) is 18.7 Å². The van der Waals surface area contributed by atoms with Gasteiger partial charge in [-0.2, -0.15) is 0 Å². The summed E-state index contributed by atoms with van der Waals surface area (Å²) in [4.78, 5) is 16.1. The van der Waals surface area contributed by atoms with Crippen molar-refractivity contribution >= 4 is 5.82 Å². The fourth-order valence-electron chi connectivity index (χ4n) is 1.65. The average molecular weight is 260 g/mol. The molecule has 2 aromatic heterocycles. The first kappa shape index (κ1) is 13.1. The highest BCUT2D eigenvalue weighted by atomic mass is 16.5. The fourth-order valence-corrected chi connectivity index (χ4v) is 1.65. The van der Waals surface area contributed by atoms with Crippen molar-refractivity contribution in [3.63, 3.8) is 0 Å². The number of nitrogens with zero attached hydrogens (tertiary/aromatic N) is 3. The Kier molecular flexibility index (Phi) is 4.12. The van der Waals surface area contributed by atoms with Gasteiger partial charge in [0.1, 0.15) is 5.82 Å². The molecular formula is C13H16N4O2. The molecule has 0 radical (unpaired) electrons. The lowest BCUT2D eigenvalue weighted by Crippen LogP contribution is -2.23. The van der Waals surface area contributed by atoms with Crippen molar-refractivity contribution < 1.29 is 4.74 Å². The molecule has 6 nitrogen and oxygen atoms in total. The lowest BCUT2D eigenvalue weighted by atomic mass is 10.3. The predicted molar refractivity (Wildman–Crippen MR) is 72.6 cm³/mol. The molecule has 0 atom stereocenters. The fraction of sp³-hybridized carbons (Fsp3) is 0.308. The number of ether oxygens (including phenoxy) is 1. The van der Waals surface area contributed by atoms with Crippen LogP contribution in [-0.4, -0.2) is 28.4 Å². The summed E-state index contributed by atoms with van der Waals surface area (Å²) in [6.45, 7) is 3.12. The van der Waals surface area contributed by atoms with Crippen LogP contribution in [0.1, 0.15) is 12.6 Å². The van der Waals surface area contributed by atoms with Crippen LogP contribution in [0.5, 0.6) is 5.88 Å². The number of hydrogen-bond donors (Lipinski definition) is 1. The molecule has 2 heterocycles. The molecule has 6 heteroatoms. The second-order valence-corrected chi connectivity index (χ2v) is 3.92. The maximum Gasteiger partial charge on any atom is 0.267 e. The minimum Gasteiger partial charge on any atom is -0.480 e. The zero-order valence-electron chi connectivity index (χ0n) is 11.0. The van der Waals surface area contributed by atoms with Gasteiger partial charge in [0.05, 0.1) is 19.3 Å². The maximum atomic E-state index is 11.7. The molecule has 0 saturated heterocycles. The number of methoxy groups -OCH3 is 1. The molecule has 0 aromatic carbocycles. The van der Waals surface area contributed by atoms with E-state index < -0.39 is 0 Å². The Morgan fingerprint density at radius 2 is 2.16 bits per heavy atom. The van der Waals surface area contributed by atoms with Crippen LogP contribution < -0.4 is 15.6 Å².